The van der Waals surface area contributed by atoms with Crippen LogP contribution in [0.4, 0.5) is 0 Å². The fraction of sp³-hybridized carbons (Fsp3) is 0.500. The molecule has 0 aliphatic rings. The second-order valence-electron chi connectivity index (χ2n) is 2.43. The van der Waals surface area contributed by atoms with E-state index in [0.29, 0.717) is 18.5 Å². The van der Waals surface area contributed by atoms with Gasteiger partial charge in [-0.05, 0) is 13.8 Å². The predicted molar refractivity (Wildman–Crippen MR) is 52.5 cm³/mol. The standard InChI is InChI=1S/C8H13N2O3P/c1-3-12-14(11,13-4-2)8-5-9-7-10-6-8/h5-7H,3-4H2,1-2H3. The molecule has 0 fully saturated rings. The van der Waals surface area contributed by atoms with Crippen LogP contribution in [0.3, 0.4) is 0 Å². The summed E-state index contributed by atoms with van der Waals surface area (Å²) in [7, 11) is -3.20. The van der Waals surface area contributed by atoms with Gasteiger partial charge in [0.1, 0.15) is 11.6 Å². The van der Waals surface area contributed by atoms with Gasteiger partial charge < -0.3 is 9.05 Å². The van der Waals surface area contributed by atoms with Crippen molar-refractivity contribution in [1.82, 2.24) is 9.97 Å². The Kier molecular flexibility index (Phi) is 4.20. The van der Waals surface area contributed by atoms with Crippen molar-refractivity contribution in [1.29, 1.82) is 0 Å². The smallest absolute Gasteiger partial charge is 0.305 e. The molecule has 1 aromatic rings. The molecule has 0 aliphatic heterocycles. The van der Waals surface area contributed by atoms with Crippen LogP contribution in [0.15, 0.2) is 18.7 Å². The van der Waals surface area contributed by atoms with Crippen LogP contribution in [0.2, 0.25) is 0 Å². The Morgan fingerprint density at radius 3 is 2.14 bits per heavy atom. The van der Waals surface area contributed by atoms with Crippen LogP contribution < -0.4 is 5.30 Å². The molecule has 0 bridgehead atoms. The lowest BCUT2D eigenvalue weighted by Gasteiger charge is -2.15. The van der Waals surface area contributed by atoms with Crippen LogP contribution in [0, 0.1) is 0 Å². The first-order valence-electron chi connectivity index (χ1n) is 4.37. The number of hydrogen-bond acceptors (Lipinski definition) is 5. The minimum absolute atomic E-state index is 0.326. The SMILES string of the molecule is CCOP(=O)(OCC)c1cncnc1. The predicted octanol–water partition coefficient (Wildman–Crippen LogP) is 1.37. The van der Waals surface area contributed by atoms with Crippen molar-refractivity contribution in [3.05, 3.63) is 18.7 Å². The molecular weight excluding hydrogens is 203 g/mol. The molecule has 0 aromatic carbocycles. The molecule has 0 aliphatic carbocycles. The molecule has 1 aromatic heterocycles. The minimum atomic E-state index is -3.20. The van der Waals surface area contributed by atoms with E-state index < -0.39 is 7.60 Å². The minimum Gasteiger partial charge on any atom is -0.305 e. The largest absolute Gasteiger partial charge is 0.364 e. The van der Waals surface area contributed by atoms with Crippen LogP contribution in [0.5, 0.6) is 0 Å². The summed E-state index contributed by atoms with van der Waals surface area (Å²) in [6.45, 7) is 4.17. The lowest BCUT2D eigenvalue weighted by molar-refractivity contribution is 0.230. The molecule has 0 radical (unpaired) electrons. The fourth-order valence-electron chi connectivity index (χ4n) is 0.959. The highest BCUT2D eigenvalue weighted by Crippen LogP contribution is 2.46. The Balaban J connectivity index is 2.94. The van der Waals surface area contributed by atoms with Crippen LogP contribution in [0.25, 0.3) is 0 Å². The monoisotopic (exact) mass is 216 g/mol. The number of rotatable bonds is 5. The highest BCUT2D eigenvalue weighted by Gasteiger charge is 2.26. The summed E-state index contributed by atoms with van der Waals surface area (Å²) in [5, 5.41) is 0.392. The van der Waals surface area contributed by atoms with E-state index in [2.05, 4.69) is 9.97 Å². The molecule has 78 valence electrons. The third-order valence-corrected chi connectivity index (χ3v) is 3.52. The molecule has 0 saturated carbocycles. The summed E-state index contributed by atoms with van der Waals surface area (Å²) < 4.78 is 22.3. The average Bonchev–Trinajstić information content (AvgIpc) is 2.20. The van der Waals surface area contributed by atoms with Gasteiger partial charge in [-0.1, -0.05) is 0 Å². The normalized spacial score (nSPS) is 11.6. The molecule has 0 spiro atoms. The third kappa shape index (κ3) is 2.61. The van der Waals surface area contributed by atoms with Crippen molar-refractivity contribution in [2.24, 2.45) is 0 Å². The number of nitrogens with zero attached hydrogens (tertiary/aromatic N) is 2. The van der Waals surface area contributed by atoms with Crippen LogP contribution >= 0.6 is 7.60 Å². The van der Waals surface area contributed by atoms with Gasteiger partial charge in [0.15, 0.2) is 0 Å². The second-order valence-corrected chi connectivity index (χ2v) is 4.46. The van der Waals surface area contributed by atoms with Crippen LogP contribution in [-0.2, 0) is 13.6 Å². The third-order valence-electron chi connectivity index (χ3n) is 1.46. The van der Waals surface area contributed by atoms with E-state index in [0.717, 1.165) is 0 Å². The summed E-state index contributed by atoms with van der Waals surface area (Å²) in [5.74, 6) is 0. The van der Waals surface area contributed by atoms with Crippen molar-refractivity contribution in [3.8, 4) is 0 Å². The Morgan fingerprint density at radius 2 is 1.71 bits per heavy atom. The summed E-state index contributed by atoms with van der Waals surface area (Å²) >= 11 is 0. The molecular formula is C8H13N2O3P. The Hall–Kier alpha value is -0.770. The van der Waals surface area contributed by atoms with Gasteiger partial charge in [0, 0.05) is 12.4 Å². The maximum absolute atomic E-state index is 12.1. The van der Waals surface area contributed by atoms with Crippen molar-refractivity contribution >= 4 is 12.9 Å². The van der Waals surface area contributed by atoms with Gasteiger partial charge in [-0.25, -0.2) is 9.97 Å². The number of hydrogen-bond donors (Lipinski definition) is 0. The molecule has 0 N–H and O–H groups in total. The number of aromatic nitrogens is 2. The zero-order chi connectivity index (χ0) is 10.4. The fourth-order valence-corrected chi connectivity index (χ4v) is 2.43. The Bertz CT molecular complexity index is 308. The maximum atomic E-state index is 12.1. The summed E-state index contributed by atoms with van der Waals surface area (Å²) in [4.78, 5) is 7.54. The molecule has 0 unspecified atom stereocenters. The first-order valence-corrected chi connectivity index (χ1v) is 5.92. The molecule has 0 amide bonds. The molecule has 6 heteroatoms. The van der Waals surface area contributed by atoms with Crippen LogP contribution in [0.1, 0.15) is 13.8 Å². The van der Waals surface area contributed by atoms with E-state index in [1.165, 1.54) is 18.7 Å². The van der Waals surface area contributed by atoms with E-state index in [9.17, 15) is 4.57 Å². The molecule has 1 rings (SSSR count). The first-order chi connectivity index (χ1) is 6.73. The molecule has 0 atom stereocenters. The van der Waals surface area contributed by atoms with E-state index >= 15 is 0 Å². The van der Waals surface area contributed by atoms with Gasteiger partial charge >= 0.3 is 7.60 Å². The zero-order valence-corrected chi connectivity index (χ0v) is 9.11. The van der Waals surface area contributed by atoms with Crippen molar-refractivity contribution < 1.29 is 13.6 Å². The van der Waals surface area contributed by atoms with E-state index in [1.807, 2.05) is 0 Å². The summed E-state index contributed by atoms with van der Waals surface area (Å²) in [5.41, 5.74) is 0. The quantitative estimate of drug-likeness (QED) is 0.695. The highest BCUT2D eigenvalue weighted by molar-refractivity contribution is 7.62. The molecule has 1 heterocycles. The first kappa shape index (κ1) is 11.3. The van der Waals surface area contributed by atoms with Gasteiger partial charge in [0.05, 0.1) is 13.2 Å². The zero-order valence-electron chi connectivity index (χ0n) is 8.21. The molecule has 0 saturated heterocycles. The summed E-state index contributed by atoms with van der Waals surface area (Å²) in [6.07, 6.45) is 4.25. The Labute approximate surface area is 83.0 Å². The van der Waals surface area contributed by atoms with Gasteiger partial charge in [-0.2, -0.15) is 0 Å². The average molecular weight is 216 g/mol. The Morgan fingerprint density at radius 1 is 1.21 bits per heavy atom. The van der Waals surface area contributed by atoms with Gasteiger partial charge in [0.25, 0.3) is 0 Å². The summed E-state index contributed by atoms with van der Waals surface area (Å²) in [6, 6.07) is 0. The van der Waals surface area contributed by atoms with E-state index in [4.69, 9.17) is 9.05 Å². The van der Waals surface area contributed by atoms with Crippen LogP contribution in [-0.4, -0.2) is 23.2 Å². The van der Waals surface area contributed by atoms with E-state index in [1.54, 1.807) is 13.8 Å². The molecule has 14 heavy (non-hydrogen) atoms. The lowest BCUT2D eigenvalue weighted by Crippen LogP contribution is -2.11. The topological polar surface area (TPSA) is 61.3 Å². The van der Waals surface area contributed by atoms with Crippen molar-refractivity contribution in [2.75, 3.05) is 13.2 Å². The van der Waals surface area contributed by atoms with Crippen molar-refractivity contribution in [2.45, 2.75) is 13.8 Å². The van der Waals surface area contributed by atoms with Gasteiger partial charge in [-0.3, -0.25) is 4.57 Å². The highest BCUT2D eigenvalue weighted by atomic mass is 31.2. The van der Waals surface area contributed by atoms with E-state index in [-0.39, 0.29) is 0 Å². The molecule has 5 nitrogen and oxygen atoms in total. The van der Waals surface area contributed by atoms with Gasteiger partial charge in [0.2, 0.25) is 0 Å². The lowest BCUT2D eigenvalue weighted by atomic mass is 10.7. The second kappa shape index (κ2) is 5.20. The maximum Gasteiger partial charge on any atom is 0.364 e. The van der Waals surface area contributed by atoms with Gasteiger partial charge in [-0.15, -0.1) is 0 Å². The van der Waals surface area contributed by atoms with Crippen molar-refractivity contribution in [3.63, 3.8) is 0 Å².